The molecule has 1 radical (unpaired) electrons. The number of hydrogen-bond acceptors (Lipinski definition) is 2. The molecule has 0 aliphatic heterocycles. The van der Waals surface area contributed by atoms with Gasteiger partial charge in [-0.1, -0.05) is 12.1 Å². The Morgan fingerprint density at radius 3 is 2.33 bits per heavy atom. The molecule has 0 aromatic heterocycles. The molecule has 0 heterocycles. The highest BCUT2D eigenvalue weighted by molar-refractivity contribution is 5.39. The molecule has 0 aliphatic carbocycles. The Hall–Kier alpha value is -2.34. The molecule has 0 spiro atoms. The molecule has 0 fully saturated rings. The fraction of sp³-hybridized carbons (Fsp3) is 0.0667. The second kappa shape index (κ2) is 5.33. The van der Waals surface area contributed by atoms with Gasteiger partial charge in [-0.2, -0.15) is 5.26 Å². The second-order valence-electron chi connectivity index (χ2n) is 3.75. The third-order valence-electron chi connectivity index (χ3n) is 2.51. The molecule has 2 aromatic rings. The minimum absolute atomic E-state index is 0.00903. The summed E-state index contributed by atoms with van der Waals surface area (Å²) >= 11 is 0. The summed E-state index contributed by atoms with van der Waals surface area (Å²) in [6.07, 6.45) is 0.714. The molecule has 0 N–H and O–H groups in total. The predicted molar refractivity (Wildman–Crippen MR) is 66.7 cm³/mol. The van der Waals surface area contributed by atoms with Crippen LogP contribution in [0.4, 0.5) is 4.39 Å². The minimum atomic E-state index is -0.579. The first kappa shape index (κ1) is 12.1. The monoisotopic (exact) mass is 240 g/mol. The SMILES string of the molecule is [CH2]Cc1ccc(Oc2ccc(C#N)c(F)c2)cc1. The highest BCUT2D eigenvalue weighted by atomic mass is 19.1. The van der Waals surface area contributed by atoms with Gasteiger partial charge in [0.15, 0.2) is 0 Å². The van der Waals surface area contributed by atoms with Gasteiger partial charge in [0, 0.05) is 6.07 Å². The Bertz CT molecular complexity index is 584. The Morgan fingerprint density at radius 2 is 1.78 bits per heavy atom. The summed E-state index contributed by atoms with van der Waals surface area (Å²) in [5.74, 6) is 0.412. The van der Waals surface area contributed by atoms with E-state index in [1.54, 1.807) is 24.3 Å². The van der Waals surface area contributed by atoms with E-state index >= 15 is 0 Å². The van der Waals surface area contributed by atoms with Gasteiger partial charge in [0.2, 0.25) is 0 Å². The maximum absolute atomic E-state index is 13.4. The molecule has 89 valence electrons. The van der Waals surface area contributed by atoms with E-state index in [9.17, 15) is 4.39 Å². The molecule has 0 saturated carbocycles. The summed E-state index contributed by atoms with van der Waals surface area (Å²) in [4.78, 5) is 0. The van der Waals surface area contributed by atoms with Crippen LogP contribution in [0.1, 0.15) is 11.1 Å². The molecule has 2 rings (SSSR count). The summed E-state index contributed by atoms with van der Waals surface area (Å²) in [6.45, 7) is 3.78. The first-order valence-electron chi connectivity index (χ1n) is 5.48. The lowest BCUT2D eigenvalue weighted by Crippen LogP contribution is -1.88. The summed E-state index contributed by atoms with van der Waals surface area (Å²) in [7, 11) is 0. The first-order valence-corrected chi connectivity index (χ1v) is 5.48. The van der Waals surface area contributed by atoms with Crippen molar-refractivity contribution < 1.29 is 9.13 Å². The number of ether oxygens (including phenoxy) is 1. The van der Waals surface area contributed by atoms with E-state index in [4.69, 9.17) is 10.00 Å². The molecule has 18 heavy (non-hydrogen) atoms. The van der Waals surface area contributed by atoms with E-state index in [0.29, 0.717) is 17.9 Å². The van der Waals surface area contributed by atoms with Gasteiger partial charge in [0.05, 0.1) is 5.56 Å². The van der Waals surface area contributed by atoms with Crippen LogP contribution in [-0.2, 0) is 6.42 Å². The maximum atomic E-state index is 13.4. The van der Waals surface area contributed by atoms with E-state index in [0.717, 1.165) is 5.56 Å². The Kier molecular flexibility index (Phi) is 3.59. The molecular formula is C15H11FNO. The maximum Gasteiger partial charge on any atom is 0.144 e. The fourth-order valence-electron chi connectivity index (χ4n) is 1.51. The van der Waals surface area contributed by atoms with Gasteiger partial charge in [-0.25, -0.2) is 4.39 Å². The summed E-state index contributed by atoms with van der Waals surface area (Å²) in [5.41, 5.74) is 1.11. The third kappa shape index (κ3) is 2.67. The molecule has 0 unspecified atom stereocenters. The van der Waals surface area contributed by atoms with Crippen molar-refractivity contribution >= 4 is 0 Å². The van der Waals surface area contributed by atoms with E-state index < -0.39 is 5.82 Å². The summed E-state index contributed by atoms with van der Waals surface area (Å²) in [5, 5.41) is 8.62. The quantitative estimate of drug-likeness (QED) is 0.816. The molecule has 3 heteroatoms. The van der Waals surface area contributed by atoms with Gasteiger partial charge in [-0.05, 0) is 43.2 Å². The summed E-state index contributed by atoms with van der Waals surface area (Å²) < 4.78 is 18.8. The third-order valence-corrected chi connectivity index (χ3v) is 2.51. The van der Waals surface area contributed by atoms with Crippen molar-refractivity contribution in [2.24, 2.45) is 0 Å². The zero-order valence-electron chi connectivity index (χ0n) is 9.69. The smallest absolute Gasteiger partial charge is 0.144 e. The molecule has 0 amide bonds. The zero-order chi connectivity index (χ0) is 13.0. The van der Waals surface area contributed by atoms with Crippen LogP contribution in [0.5, 0.6) is 11.5 Å². The van der Waals surface area contributed by atoms with Crippen molar-refractivity contribution in [3.63, 3.8) is 0 Å². The second-order valence-corrected chi connectivity index (χ2v) is 3.75. The van der Waals surface area contributed by atoms with Crippen LogP contribution in [0.25, 0.3) is 0 Å². The summed E-state index contributed by atoms with van der Waals surface area (Å²) in [6, 6.07) is 13.3. The van der Waals surface area contributed by atoms with E-state index in [-0.39, 0.29) is 5.56 Å². The van der Waals surface area contributed by atoms with Gasteiger partial charge in [0.25, 0.3) is 0 Å². The van der Waals surface area contributed by atoms with Gasteiger partial charge in [0.1, 0.15) is 23.4 Å². The van der Waals surface area contributed by atoms with Gasteiger partial charge >= 0.3 is 0 Å². The number of hydrogen-bond donors (Lipinski definition) is 0. The van der Waals surface area contributed by atoms with Crippen molar-refractivity contribution in [1.29, 1.82) is 5.26 Å². The van der Waals surface area contributed by atoms with Crippen molar-refractivity contribution in [3.05, 3.63) is 66.3 Å². The van der Waals surface area contributed by atoms with Crippen LogP contribution < -0.4 is 4.74 Å². The molecular weight excluding hydrogens is 229 g/mol. The first-order chi connectivity index (χ1) is 8.72. The molecule has 2 aromatic carbocycles. The normalized spacial score (nSPS) is 9.83. The Balaban J connectivity index is 2.18. The predicted octanol–water partition coefficient (Wildman–Crippen LogP) is 3.87. The average Bonchev–Trinajstić information content (AvgIpc) is 2.40. The lowest BCUT2D eigenvalue weighted by atomic mass is 10.2. The van der Waals surface area contributed by atoms with E-state index in [1.165, 1.54) is 12.1 Å². The Morgan fingerprint density at radius 1 is 1.11 bits per heavy atom. The lowest BCUT2D eigenvalue weighted by Gasteiger charge is -2.06. The van der Waals surface area contributed by atoms with Crippen molar-refractivity contribution in [1.82, 2.24) is 0 Å². The number of nitrogens with zero attached hydrogens (tertiary/aromatic N) is 1. The average molecular weight is 240 g/mol. The van der Waals surface area contributed by atoms with Gasteiger partial charge in [-0.3, -0.25) is 0 Å². The number of benzene rings is 2. The van der Waals surface area contributed by atoms with Gasteiger partial charge < -0.3 is 4.74 Å². The van der Waals surface area contributed by atoms with Crippen LogP contribution in [0, 0.1) is 24.1 Å². The zero-order valence-corrected chi connectivity index (χ0v) is 9.69. The minimum Gasteiger partial charge on any atom is -0.457 e. The van der Waals surface area contributed by atoms with Gasteiger partial charge in [-0.15, -0.1) is 0 Å². The molecule has 0 atom stereocenters. The Labute approximate surface area is 105 Å². The van der Waals surface area contributed by atoms with Crippen LogP contribution in [0.15, 0.2) is 42.5 Å². The molecule has 0 aliphatic rings. The molecule has 0 saturated heterocycles. The van der Waals surface area contributed by atoms with Crippen LogP contribution in [0.3, 0.4) is 0 Å². The highest BCUT2D eigenvalue weighted by Gasteiger charge is 2.04. The number of nitriles is 1. The standard InChI is InChI=1S/C15H11FNO/c1-2-11-3-6-13(7-4-11)18-14-8-5-12(10-17)15(16)9-14/h3-9H,1-2H2. The number of rotatable bonds is 3. The molecule has 2 nitrogen and oxygen atoms in total. The van der Waals surface area contributed by atoms with Crippen molar-refractivity contribution in [3.8, 4) is 17.6 Å². The number of halogens is 1. The largest absolute Gasteiger partial charge is 0.457 e. The lowest BCUT2D eigenvalue weighted by molar-refractivity contribution is 0.476. The van der Waals surface area contributed by atoms with Crippen molar-refractivity contribution in [2.45, 2.75) is 6.42 Å². The van der Waals surface area contributed by atoms with Crippen LogP contribution >= 0.6 is 0 Å². The van der Waals surface area contributed by atoms with Crippen LogP contribution in [0.2, 0.25) is 0 Å². The van der Waals surface area contributed by atoms with Crippen molar-refractivity contribution in [2.75, 3.05) is 0 Å². The van der Waals surface area contributed by atoms with E-state index in [1.807, 2.05) is 12.1 Å². The van der Waals surface area contributed by atoms with Crippen LogP contribution in [-0.4, -0.2) is 0 Å². The van der Waals surface area contributed by atoms with E-state index in [2.05, 4.69) is 6.92 Å². The fourth-order valence-corrected chi connectivity index (χ4v) is 1.51. The topological polar surface area (TPSA) is 33.0 Å². The molecule has 0 bridgehead atoms. The highest BCUT2D eigenvalue weighted by Crippen LogP contribution is 2.23.